The smallest absolute Gasteiger partial charge is 0.352 e. The van der Waals surface area contributed by atoms with Crippen LogP contribution in [0.3, 0.4) is 0 Å². The molecule has 0 saturated carbocycles. The van der Waals surface area contributed by atoms with Crippen LogP contribution in [0.15, 0.2) is 18.6 Å². The van der Waals surface area contributed by atoms with Crippen molar-refractivity contribution in [1.82, 2.24) is 19.3 Å². The Morgan fingerprint density at radius 3 is 2.88 bits per heavy atom. The van der Waals surface area contributed by atoms with Gasteiger partial charge in [-0.25, -0.2) is 9.78 Å². The summed E-state index contributed by atoms with van der Waals surface area (Å²) in [7, 11) is 1.78. The molecule has 84 valence electrons. The minimum atomic E-state index is -0.926. The Labute approximate surface area is 92.2 Å². The number of carboxylic acids is 1. The number of hydrogen-bond acceptors (Lipinski definition) is 3. The molecule has 6 nitrogen and oxygen atoms in total. The number of aryl methyl sites for hydroxylation is 2. The van der Waals surface area contributed by atoms with Crippen LogP contribution >= 0.6 is 0 Å². The molecule has 0 unspecified atom stereocenters. The standard InChI is InChI=1S/C10H12N4O2/c1-7-3-4-14(9(7)10(15)16)5-8-11-6-12-13(8)2/h3-4,6H,5H2,1-2H3,(H,15,16). The summed E-state index contributed by atoms with van der Waals surface area (Å²) in [5, 5.41) is 13.0. The Bertz CT molecular complexity index is 527. The lowest BCUT2D eigenvalue weighted by Crippen LogP contribution is -2.12. The zero-order valence-corrected chi connectivity index (χ0v) is 9.08. The molecular weight excluding hydrogens is 208 g/mol. The second-order valence-electron chi connectivity index (χ2n) is 3.58. The first-order valence-electron chi connectivity index (χ1n) is 4.81. The van der Waals surface area contributed by atoms with E-state index in [1.165, 1.54) is 6.33 Å². The largest absolute Gasteiger partial charge is 0.477 e. The van der Waals surface area contributed by atoms with Crippen molar-refractivity contribution >= 4 is 5.97 Å². The second kappa shape index (κ2) is 3.80. The van der Waals surface area contributed by atoms with Crippen LogP contribution in [0.4, 0.5) is 0 Å². The fourth-order valence-corrected chi connectivity index (χ4v) is 1.62. The van der Waals surface area contributed by atoms with E-state index in [4.69, 9.17) is 5.11 Å². The van der Waals surface area contributed by atoms with Gasteiger partial charge in [0.1, 0.15) is 17.8 Å². The molecule has 0 radical (unpaired) electrons. The van der Waals surface area contributed by atoms with Crippen molar-refractivity contribution in [2.75, 3.05) is 0 Å². The zero-order chi connectivity index (χ0) is 11.7. The molecule has 0 bridgehead atoms. The molecule has 6 heteroatoms. The maximum Gasteiger partial charge on any atom is 0.352 e. The van der Waals surface area contributed by atoms with Gasteiger partial charge in [-0.2, -0.15) is 5.10 Å². The van der Waals surface area contributed by atoms with Gasteiger partial charge in [-0.3, -0.25) is 4.68 Å². The predicted molar refractivity (Wildman–Crippen MR) is 56.2 cm³/mol. The molecule has 0 aliphatic heterocycles. The molecule has 2 heterocycles. The van der Waals surface area contributed by atoms with Crippen molar-refractivity contribution in [3.05, 3.63) is 35.7 Å². The third-order valence-electron chi connectivity index (χ3n) is 2.48. The van der Waals surface area contributed by atoms with Crippen LogP contribution < -0.4 is 0 Å². The van der Waals surface area contributed by atoms with E-state index in [1.54, 1.807) is 35.5 Å². The van der Waals surface area contributed by atoms with Gasteiger partial charge >= 0.3 is 5.97 Å². The third-order valence-corrected chi connectivity index (χ3v) is 2.48. The molecule has 0 amide bonds. The summed E-state index contributed by atoms with van der Waals surface area (Å²) >= 11 is 0. The second-order valence-corrected chi connectivity index (χ2v) is 3.58. The van der Waals surface area contributed by atoms with Crippen molar-refractivity contribution in [1.29, 1.82) is 0 Å². The summed E-state index contributed by atoms with van der Waals surface area (Å²) < 4.78 is 3.28. The lowest BCUT2D eigenvalue weighted by atomic mass is 10.3. The van der Waals surface area contributed by atoms with E-state index in [-0.39, 0.29) is 0 Å². The topological polar surface area (TPSA) is 72.9 Å². The summed E-state index contributed by atoms with van der Waals surface area (Å²) in [6.07, 6.45) is 3.19. The van der Waals surface area contributed by atoms with Gasteiger partial charge in [-0.1, -0.05) is 0 Å². The van der Waals surface area contributed by atoms with Gasteiger partial charge in [0.15, 0.2) is 0 Å². The van der Waals surface area contributed by atoms with E-state index in [0.29, 0.717) is 12.2 Å². The molecule has 0 aromatic carbocycles. The SMILES string of the molecule is Cc1ccn(Cc2ncnn2C)c1C(=O)O. The van der Waals surface area contributed by atoms with Crippen LogP contribution in [-0.2, 0) is 13.6 Å². The first-order chi connectivity index (χ1) is 7.59. The molecule has 0 atom stereocenters. The number of carboxylic acid groups (broad SMARTS) is 1. The number of aromatic carboxylic acids is 1. The maximum atomic E-state index is 11.1. The average molecular weight is 220 g/mol. The minimum absolute atomic E-state index is 0.294. The van der Waals surface area contributed by atoms with Gasteiger partial charge in [0.2, 0.25) is 0 Å². The van der Waals surface area contributed by atoms with E-state index in [2.05, 4.69) is 10.1 Å². The minimum Gasteiger partial charge on any atom is -0.477 e. The highest BCUT2D eigenvalue weighted by atomic mass is 16.4. The van der Waals surface area contributed by atoms with Crippen LogP contribution in [0.1, 0.15) is 21.9 Å². The van der Waals surface area contributed by atoms with E-state index < -0.39 is 5.97 Å². The van der Waals surface area contributed by atoms with Crippen LogP contribution in [0.25, 0.3) is 0 Å². The predicted octanol–water partition coefficient (Wildman–Crippen LogP) is 0.672. The number of aromatic nitrogens is 4. The highest BCUT2D eigenvalue weighted by Crippen LogP contribution is 2.11. The molecule has 1 N–H and O–H groups in total. The lowest BCUT2D eigenvalue weighted by molar-refractivity contribution is 0.0684. The highest BCUT2D eigenvalue weighted by molar-refractivity contribution is 5.87. The molecule has 0 fully saturated rings. The Hall–Kier alpha value is -2.11. The van der Waals surface area contributed by atoms with Crippen molar-refractivity contribution < 1.29 is 9.90 Å². The van der Waals surface area contributed by atoms with Gasteiger partial charge in [0, 0.05) is 13.2 Å². The van der Waals surface area contributed by atoms with Crippen LogP contribution in [-0.4, -0.2) is 30.4 Å². The number of hydrogen-bond donors (Lipinski definition) is 1. The molecular formula is C10H12N4O2. The van der Waals surface area contributed by atoms with Crippen molar-refractivity contribution in [2.45, 2.75) is 13.5 Å². The average Bonchev–Trinajstić information content (AvgIpc) is 2.75. The Morgan fingerprint density at radius 2 is 2.31 bits per heavy atom. The molecule has 2 aromatic heterocycles. The fraction of sp³-hybridized carbons (Fsp3) is 0.300. The molecule has 2 rings (SSSR count). The van der Waals surface area contributed by atoms with Crippen molar-refractivity contribution in [2.24, 2.45) is 7.05 Å². The van der Waals surface area contributed by atoms with Crippen molar-refractivity contribution in [3.63, 3.8) is 0 Å². The van der Waals surface area contributed by atoms with Gasteiger partial charge in [-0.15, -0.1) is 0 Å². The van der Waals surface area contributed by atoms with E-state index >= 15 is 0 Å². The monoisotopic (exact) mass is 220 g/mol. The Balaban J connectivity index is 2.35. The molecule has 0 aliphatic carbocycles. The summed E-state index contributed by atoms with van der Waals surface area (Å²) in [5.74, 6) is -0.206. The van der Waals surface area contributed by atoms with Crippen LogP contribution in [0.5, 0.6) is 0 Å². The number of nitrogens with zero attached hydrogens (tertiary/aromatic N) is 4. The molecule has 0 saturated heterocycles. The van der Waals surface area contributed by atoms with Crippen LogP contribution in [0.2, 0.25) is 0 Å². The van der Waals surface area contributed by atoms with Crippen molar-refractivity contribution in [3.8, 4) is 0 Å². The fourth-order valence-electron chi connectivity index (χ4n) is 1.62. The maximum absolute atomic E-state index is 11.1. The Kier molecular flexibility index (Phi) is 2.47. The van der Waals surface area contributed by atoms with Gasteiger partial charge < -0.3 is 9.67 Å². The summed E-state index contributed by atoms with van der Waals surface area (Å²) in [6.45, 7) is 2.18. The quantitative estimate of drug-likeness (QED) is 0.825. The molecule has 0 aliphatic rings. The summed E-state index contributed by atoms with van der Waals surface area (Å²) in [4.78, 5) is 15.1. The normalized spacial score (nSPS) is 10.6. The molecule has 2 aromatic rings. The first-order valence-corrected chi connectivity index (χ1v) is 4.81. The number of carbonyl (C=O) groups is 1. The van der Waals surface area contributed by atoms with Crippen LogP contribution in [0, 0.1) is 6.92 Å². The number of rotatable bonds is 3. The summed E-state index contributed by atoms with van der Waals surface area (Å²) in [5.41, 5.74) is 1.04. The van der Waals surface area contributed by atoms with E-state index in [9.17, 15) is 4.79 Å². The Morgan fingerprint density at radius 1 is 1.56 bits per heavy atom. The van der Waals surface area contributed by atoms with Gasteiger partial charge in [0.25, 0.3) is 0 Å². The summed E-state index contributed by atoms with van der Waals surface area (Å²) in [6, 6.07) is 1.78. The molecule has 16 heavy (non-hydrogen) atoms. The molecule has 0 spiro atoms. The van der Waals surface area contributed by atoms with E-state index in [1.807, 2.05) is 0 Å². The lowest BCUT2D eigenvalue weighted by Gasteiger charge is -2.06. The zero-order valence-electron chi connectivity index (χ0n) is 9.08. The first kappa shape index (κ1) is 10.4. The van der Waals surface area contributed by atoms with Gasteiger partial charge in [0.05, 0.1) is 6.54 Å². The van der Waals surface area contributed by atoms with E-state index in [0.717, 1.165) is 11.4 Å². The third kappa shape index (κ3) is 1.69. The van der Waals surface area contributed by atoms with Gasteiger partial charge in [-0.05, 0) is 18.6 Å². The highest BCUT2D eigenvalue weighted by Gasteiger charge is 2.14.